The van der Waals surface area contributed by atoms with Gasteiger partial charge in [0.25, 0.3) is 12.2 Å². The third-order valence-corrected chi connectivity index (χ3v) is 2.49. The topological polar surface area (TPSA) is 32.1 Å². The largest absolute Gasteiger partial charge is 0.327 e. The summed E-state index contributed by atoms with van der Waals surface area (Å²) in [6, 6.07) is 11.9. The summed E-state index contributed by atoms with van der Waals surface area (Å²) < 4.78 is 3.96. The summed E-state index contributed by atoms with van der Waals surface area (Å²) in [6.07, 6.45) is 5.65. The molecular weight excluding hydrogens is 212 g/mol. The van der Waals surface area contributed by atoms with Gasteiger partial charge < -0.3 is 0 Å². The molecular formula is C13H16N4+2. The van der Waals surface area contributed by atoms with Gasteiger partial charge in [-0.3, -0.25) is 0 Å². The van der Waals surface area contributed by atoms with Gasteiger partial charge in [0.2, 0.25) is 0 Å². The molecule has 0 aliphatic heterocycles. The van der Waals surface area contributed by atoms with Crippen molar-refractivity contribution >= 4 is 18.0 Å². The zero-order valence-corrected chi connectivity index (χ0v) is 10.0. The maximum Gasteiger partial charge on any atom is 0.327 e. The van der Waals surface area contributed by atoms with Gasteiger partial charge in [-0.15, -0.1) is 0 Å². The number of aromatic nitrogens is 2. The molecule has 0 aliphatic carbocycles. The highest BCUT2D eigenvalue weighted by molar-refractivity contribution is 5.74. The van der Waals surface area contributed by atoms with Crippen molar-refractivity contribution < 1.29 is 9.13 Å². The number of anilines is 1. The van der Waals surface area contributed by atoms with E-state index >= 15 is 0 Å². The Bertz CT molecular complexity index is 534. The van der Waals surface area contributed by atoms with Crippen LogP contribution in [0, 0.1) is 0 Å². The van der Waals surface area contributed by atoms with Gasteiger partial charge in [0.05, 0.1) is 26.5 Å². The smallest absolute Gasteiger partial charge is 0.237 e. The van der Waals surface area contributed by atoms with Crippen LogP contribution in [0.4, 0.5) is 11.6 Å². The molecule has 0 atom stereocenters. The molecule has 0 spiro atoms. The molecule has 0 saturated heterocycles. The molecule has 0 aromatic carbocycles. The van der Waals surface area contributed by atoms with Crippen LogP contribution in [0.15, 0.2) is 53.8 Å². The molecule has 0 radical (unpaired) electrons. The van der Waals surface area contributed by atoms with Crippen molar-refractivity contribution in [1.82, 2.24) is 0 Å². The fourth-order valence-corrected chi connectivity index (χ4v) is 1.49. The van der Waals surface area contributed by atoms with Crippen molar-refractivity contribution in [3.05, 3.63) is 48.8 Å². The lowest BCUT2D eigenvalue weighted by molar-refractivity contribution is -0.658. The predicted octanol–water partition coefficient (Wildman–Crippen LogP) is 1.11. The van der Waals surface area contributed by atoms with Crippen LogP contribution in [0.3, 0.4) is 0 Å². The SMILES string of the molecule is C[n+]1ccccc1N=CNc1cccc[n+]1C. The second-order valence-electron chi connectivity index (χ2n) is 3.77. The summed E-state index contributed by atoms with van der Waals surface area (Å²) in [4.78, 5) is 4.36. The van der Waals surface area contributed by atoms with Crippen molar-refractivity contribution in [3.8, 4) is 0 Å². The third-order valence-electron chi connectivity index (χ3n) is 2.49. The first-order valence-corrected chi connectivity index (χ1v) is 5.46. The van der Waals surface area contributed by atoms with Crippen LogP contribution < -0.4 is 14.5 Å². The highest BCUT2D eigenvalue weighted by atomic mass is 15.1. The fraction of sp³-hybridized carbons (Fsp3) is 0.154. The molecule has 17 heavy (non-hydrogen) atoms. The molecule has 4 heteroatoms. The lowest BCUT2D eigenvalue weighted by Crippen LogP contribution is -2.31. The number of nitrogens with one attached hydrogen (secondary N) is 1. The minimum Gasteiger partial charge on any atom is -0.237 e. The molecule has 0 aliphatic rings. The van der Waals surface area contributed by atoms with Crippen LogP contribution in [-0.2, 0) is 14.1 Å². The average Bonchev–Trinajstić information content (AvgIpc) is 2.34. The first kappa shape index (κ1) is 11.3. The molecule has 0 saturated carbocycles. The molecule has 0 fully saturated rings. The zero-order valence-electron chi connectivity index (χ0n) is 10.0. The van der Waals surface area contributed by atoms with E-state index in [0.29, 0.717) is 0 Å². The lowest BCUT2D eigenvalue weighted by Gasteiger charge is -1.95. The lowest BCUT2D eigenvalue weighted by atomic mass is 10.4. The minimum absolute atomic E-state index is 0.901. The molecule has 0 unspecified atom stereocenters. The maximum atomic E-state index is 4.36. The third kappa shape index (κ3) is 2.87. The minimum atomic E-state index is 0.901. The van der Waals surface area contributed by atoms with Crippen LogP contribution in [0.1, 0.15) is 0 Å². The van der Waals surface area contributed by atoms with Gasteiger partial charge in [0.15, 0.2) is 0 Å². The predicted molar refractivity (Wildman–Crippen MR) is 67.0 cm³/mol. The standard InChI is InChI=1S/C13H15N4/c1-16-9-5-3-7-12(16)14-11-15-13-8-4-6-10-17(13)2/h3-11H,1-2H3/q+1/p+1. The van der Waals surface area contributed by atoms with E-state index in [1.165, 1.54) is 0 Å². The van der Waals surface area contributed by atoms with Crippen LogP contribution in [0.2, 0.25) is 0 Å². The van der Waals surface area contributed by atoms with E-state index < -0.39 is 0 Å². The van der Waals surface area contributed by atoms with Gasteiger partial charge in [0.1, 0.15) is 0 Å². The quantitative estimate of drug-likeness (QED) is 0.476. The Morgan fingerprint density at radius 1 is 1.00 bits per heavy atom. The normalized spacial score (nSPS) is 10.7. The van der Waals surface area contributed by atoms with Crippen molar-refractivity contribution in [1.29, 1.82) is 0 Å². The van der Waals surface area contributed by atoms with Crippen molar-refractivity contribution in [3.63, 3.8) is 0 Å². The number of aryl methyl sites for hydroxylation is 2. The second-order valence-corrected chi connectivity index (χ2v) is 3.77. The fourth-order valence-electron chi connectivity index (χ4n) is 1.49. The number of pyridine rings is 2. The molecule has 4 nitrogen and oxygen atoms in total. The van der Waals surface area contributed by atoms with Gasteiger partial charge in [-0.05, 0) is 17.1 Å². The van der Waals surface area contributed by atoms with Crippen molar-refractivity contribution in [2.45, 2.75) is 0 Å². The summed E-state index contributed by atoms with van der Waals surface area (Å²) >= 11 is 0. The van der Waals surface area contributed by atoms with Crippen molar-refractivity contribution in [2.75, 3.05) is 5.32 Å². The van der Waals surface area contributed by atoms with Gasteiger partial charge in [-0.2, -0.15) is 0 Å². The van der Waals surface area contributed by atoms with Gasteiger partial charge in [-0.25, -0.2) is 14.5 Å². The highest BCUT2D eigenvalue weighted by Gasteiger charge is 2.05. The Morgan fingerprint density at radius 3 is 2.41 bits per heavy atom. The van der Waals surface area contributed by atoms with Crippen molar-refractivity contribution in [2.24, 2.45) is 19.1 Å². The van der Waals surface area contributed by atoms with E-state index in [-0.39, 0.29) is 0 Å². The second kappa shape index (κ2) is 5.21. The number of hydrogen-bond donors (Lipinski definition) is 1. The Labute approximate surface area is 101 Å². The number of aliphatic imine (C=N–C) groups is 1. The van der Waals surface area contributed by atoms with E-state index in [4.69, 9.17) is 0 Å². The number of rotatable bonds is 3. The van der Waals surface area contributed by atoms with Gasteiger partial charge >= 0.3 is 5.82 Å². The molecule has 0 bridgehead atoms. The summed E-state index contributed by atoms with van der Waals surface area (Å²) in [7, 11) is 3.95. The number of nitrogens with zero attached hydrogens (tertiary/aromatic N) is 3. The van der Waals surface area contributed by atoms with E-state index in [2.05, 4.69) is 10.3 Å². The molecule has 2 aromatic rings. The average molecular weight is 228 g/mol. The summed E-state index contributed by atoms with van der Waals surface area (Å²) in [6.45, 7) is 0. The van der Waals surface area contributed by atoms with E-state index in [9.17, 15) is 0 Å². The highest BCUT2D eigenvalue weighted by Crippen LogP contribution is 2.01. The van der Waals surface area contributed by atoms with Crippen LogP contribution in [-0.4, -0.2) is 6.34 Å². The molecule has 2 aromatic heterocycles. The Morgan fingerprint density at radius 2 is 1.71 bits per heavy atom. The Hall–Kier alpha value is -2.23. The Balaban J connectivity index is 2.09. The van der Waals surface area contributed by atoms with E-state index in [0.717, 1.165) is 11.6 Å². The molecule has 1 N–H and O–H groups in total. The van der Waals surface area contributed by atoms with Crippen LogP contribution >= 0.6 is 0 Å². The van der Waals surface area contributed by atoms with E-state index in [1.807, 2.05) is 72.0 Å². The van der Waals surface area contributed by atoms with Gasteiger partial charge in [-0.1, -0.05) is 12.1 Å². The first-order valence-electron chi connectivity index (χ1n) is 5.46. The monoisotopic (exact) mass is 228 g/mol. The number of hydrogen-bond acceptors (Lipinski definition) is 1. The summed E-state index contributed by atoms with van der Waals surface area (Å²) in [5.41, 5.74) is 0. The van der Waals surface area contributed by atoms with Gasteiger partial charge in [0, 0.05) is 12.1 Å². The maximum absolute atomic E-state index is 4.36. The van der Waals surface area contributed by atoms with Crippen LogP contribution in [0.25, 0.3) is 0 Å². The summed E-state index contributed by atoms with van der Waals surface area (Å²) in [5, 5.41) is 3.15. The van der Waals surface area contributed by atoms with Crippen LogP contribution in [0.5, 0.6) is 0 Å². The molecule has 0 amide bonds. The van der Waals surface area contributed by atoms with E-state index in [1.54, 1.807) is 6.34 Å². The Kier molecular flexibility index (Phi) is 3.45. The molecule has 2 rings (SSSR count). The summed E-state index contributed by atoms with van der Waals surface area (Å²) in [5.74, 6) is 1.90. The first-order chi connectivity index (χ1) is 8.27. The molecule has 2 heterocycles. The zero-order chi connectivity index (χ0) is 12.1. The molecule has 86 valence electrons.